The number of hydrazine groups is 1. The molecule has 0 spiro atoms. The zero-order valence-electron chi connectivity index (χ0n) is 19.1. The minimum absolute atomic E-state index is 0.237. The molecule has 0 aliphatic carbocycles. The van der Waals surface area contributed by atoms with Crippen LogP contribution >= 0.6 is 0 Å². The van der Waals surface area contributed by atoms with Gasteiger partial charge in [-0.15, -0.1) is 0 Å². The molecule has 34 heavy (non-hydrogen) atoms. The predicted octanol–water partition coefficient (Wildman–Crippen LogP) is 3.74. The number of aryl methyl sites for hydroxylation is 1. The number of amides is 3. The number of anilines is 1. The first-order chi connectivity index (χ1) is 16.5. The molecule has 0 saturated heterocycles. The molecule has 0 bridgehead atoms. The summed E-state index contributed by atoms with van der Waals surface area (Å²) in [5, 5.41) is 2.79. The van der Waals surface area contributed by atoms with Crippen molar-refractivity contribution in [1.29, 1.82) is 0 Å². The third kappa shape index (κ3) is 7.18. The van der Waals surface area contributed by atoms with Gasteiger partial charge in [-0.2, -0.15) is 0 Å². The zero-order chi connectivity index (χ0) is 24.3. The maximum absolute atomic E-state index is 12.4. The van der Waals surface area contributed by atoms with Gasteiger partial charge in [0.2, 0.25) is 0 Å². The highest BCUT2D eigenvalue weighted by Crippen LogP contribution is 2.13. The third-order valence-corrected chi connectivity index (χ3v) is 4.79. The van der Waals surface area contributed by atoms with Crippen molar-refractivity contribution in [2.24, 2.45) is 0 Å². The zero-order valence-corrected chi connectivity index (χ0v) is 19.1. The standard InChI is InChI=1S/C26H27N3O5/c1-3-33-15-16-34-23-13-9-20(10-14-23)26(32)29-28-25(31)19-7-11-22(12-8-19)27-24(30)21-6-4-5-18(2)17-21/h4-14,17H,3,15-16H2,1-2H3,(H,27,30)(H,28,31)(H,29,32). The maximum atomic E-state index is 12.4. The first kappa shape index (κ1) is 24.5. The lowest BCUT2D eigenvalue weighted by Gasteiger charge is -2.10. The van der Waals surface area contributed by atoms with Crippen molar-refractivity contribution >= 4 is 23.4 Å². The van der Waals surface area contributed by atoms with Crippen molar-refractivity contribution in [2.75, 3.05) is 25.1 Å². The van der Waals surface area contributed by atoms with E-state index in [0.717, 1.165) is 5.56 Å². The van der Waals surface area contributed by atoms with E-state index >= 15 is 0 Å². The molecule has 0 atom stereocenters. The van der Waals surface area contributed by atoms with E-state index in [-0.39, 0.29) is 5.91 Å². The lowest BCUT2D eigenvalue weighted by Crippen LogP contribution is -2.41. The van der Waals surface area contributed by atoms with Gasteiger partial charge in [-0.1, -0.05) is 17.7 Å². The van der Waals surface area contributed by atoms with Crippen molar-refractivity contribution < 1.29 is 23.9 Å². The molecule has 8 nitrogen and oxygen atoms in total. The molecule has 0 aliphatic rings. The van der Waals surface area contributed by atoms with Gasteiger partial charge in [0, 0.05) is 29.0 Å². The van der Waals surface area contributed by atoms with Crippen molar-refractivity contribution in [2.45, 2.75) is 13.8 Å². The Bertz CT molecular complexity index is 1130. The van der Waals surface area contributed by atoms with Crippen molar-refractivity contribution in [1.82, 2.24) is 10.9 Å². The summed E-state index contributed by atoms with van der Waals surface area (Å²) in [6, 6.07) is 20.2. The molecule has 0 heterocycles. The first-order valence-corrected chi connectivity index (χ1v) is 10.9. The van der Waals surface area contributed by atoms with Crippen molar-refractivity contribution in [3.05, 3.63) is 95.1 Å². The van der Waals surface area contributed by atoms with E-state index in [1.54, 1.807) is 60.7 Å². The van der Waals surface area contributed by atoms with E-state index in [0.29, 0.717) is 47.9 Å². The summed E-state index contributed by atoms with van der Waals surface area (Å²) in [5.74, 6) is -0.564. The molecule has 3 N–H and O–H groups in total. The molecule has 0 unspecified atom stereocenters. The van der Waals surface area contributed by atoms with Gasteiger partial charge in [0.25, 0.3) is 17.7 Å². The van der Waals surface area contributed by atoms with E-state index in [2.05, 4.69) is 16.2 Å². The molecule has 8 heteroatoms. The normalized spacial score (nSPS) is 10.3. The summed E-state index contributed by atoms with van der Waals surface area (Å²) < 4.78 is 10.7. The van der Waals surface area contributed by atoms with Crippen LogP contribution in [0.15, 0.2) is 72.8 Å². The van der Waals surface area contributed by atoms with Crippen LogP contribution in [-0.2, 0) is 4.74 Å². The first-order valence-electron chi connectivity index (χ1n) is 10.9. The second-order valence-electron chi connectivity index (χ2n) is 7.38. The quantitative estimate of drug-likeness (QED) is 0.333. The van der Waals surface area contributed by atoms with Crippen LogP contribution < -0.4 is 20.9 Å². The lowest BCUT2D eigenvalue weighted by atomic mass is 10.1. The molecule has 3 rings (SSSR count). The SMILES string of the molecule is CCOCCOc1ccc(C(=O)NNC(=O)c2ccc(NC(=O)c3cccc(C)c3)cc2)cc1. The number of hydrogen-bond donors (Lipinski definition) is 3. The molecular formula is C26H27N3O5. The Labute approximate surface area is 198 Å². The summed E-state index contributed by atoms with van der Waals surface area (Å²) in [6.07, 6.45) is 0. The van der Waals surface area contributed by atoms with Gasteiger partial charge in [0.15, 0.2) is 0 Å². The Hall–Kier alpha value is -4.17. The van der Waals surface area contributed by atoms with Crippen LogP contribution in [0, 0.1) is 6.92 Å². The van der Waals surface area contributed by atoms with E-state index in [1.165, 1.54) is 0 Å². The fourth-order valence-corrected chi connectivity index (χ4v) is 3.02. The van der Waals surface area contributed by atoms with Crippen LogP contribution in [0.4, 0.5) is 5.69 Å². The Morgan fingerprint density at radius 2 is 1.35 bits per heavy atom. The summed E-state index contributed by atoms with van der Waals surface area (Å²) in [4.78, 5) is 37.0. The highest BCUT2D eigenvalue weighted by atomic mass is 16.5. The Balaban J connectivity index is 1.48. The molecule has 0 radical (unpaired) electrons. The Morgan fingerprint density at radius 3 is 1.94 bits per heavy atom. The van der Waals surface area contributed by atoms with E-state index in [4.69, 9.17) is 9.47 Å². The molecule has 3 amide bonds. The Kier molecular flexibility index (Phi) is 8.76. The number of ether oxygens (including phenoxy) is 2. The van der Waals surface area contributed by atoms with E-state index < -0.39 is 11.8 Å². The van der Waals surface area contributed by atoms with Gasteiger partial charge in [-0.25, -0.2) is 0 Å². The molecule has 0 aromatic heterocycles. The van der Waals surface area contributed by atoms with Gasteiger partial charge < -0.3 is 14.8 Å². The molecule has 176 valence electrons. The van der Waals surface area contributed by atoms with Gasteiger partial charge in [0.1, 0.15) is 12.4 Å². The van der Waals surface area contributed by atoms with E-state index in [9.17, 15) is 14.4 Å². The largest absolute Gasteiger partial charge is 0.491 e. The fraction of sp³-hybridized carbons (Fsp3) is 0.192. The number of carbonyl (C=O) groups is 3. The van der Waals surface area contributed by atoms with Crippen LogP contribution in [-0.4, -0.2) is 37.5 Å². The molecule has 0 aliphatic heterocycles. The fourth-order valence-electron chi connectivity index (χ4n) is 3.02. The van der Waals surface area contributed by atoms with Gasteiger partial charge in [-0.3, -0.25) is 25.2 Å². The molecule has 3 aromatic rings. The number of rotatable bonds is 9. The molecular weight excluding hydrogens is 434 g/mol. The van der Waals surface area contributed by atoms with Crippen LogP contribution in [0.5, 0.6) is 5.75 Å². The molecule has 3 aromatic carbocycles. The highest BCUT2D eigenvalue weighted by Gasteiger charge is 2.11. The maximum Gasteiger partial charge on any atom is 0.269 e. The van der Waals surface area contributed by atoms with Gasteiger partial charge in [-0.05, 0) is 74.5 Å². The van der Waals surface area contributed by atoms with E-state index in [1.807, 2.05) is 26.0 Å². The number of nitrogens with one attached hydrogen (secondary N) is 3. The summed E-state index contributed by atoms with van der Waals surface area (Å²) >= 11 is 0. The van der Waals surface area contributed by atoms with Gasteiger partial charge in [0.05, 0.1) is 6.61 Å². The average molecular weight is 462 g/mol. The number of carbonyl (C=O) groups excluding carboxylic acids is 3. The van der Waals surface area contributed by atoms with Gasteiger partial charge >= 0.3 is 0 Å². The summed E-state index contributed by atoms with van der Waals surface area (Å²) in [6.45, 7) is 5.36. The lowest BCUT2D eigenvalue weighted by molar-refractivity contribution is 0.0846. The smallest absolute Gasteiger partial charge is 0.269 e. The minimum atomic E-state index is -0.485. The average Bonchev–Trinajstić information content (AvgIpc) is 2.86. The second-order valence-corrected chi connectivity index (χ2v) is 7.38. The highest BCUT2D eigenvalue weighted by molar-refractivity contribution is 6.05. The topological polar surface area (TPSA) is 106 Å². The molecule has 0 saturated carbocycles. The monoisotopic (exact) mass is 461 g/mol. The summed E-state index contributed by atoms with van der Waals surface area (Å²) in [7, 11) is 0. The van der Waals surface area contributed by atoms with Crippen molar-refractivity contribution in [3.63, 3.8) is 0 Å². The predicted molar refractivity (Wildman–Crippen MR) is 129 cm³/mol. The second kappa shape index (κ2) is 12.2. The summed E-state index contributed by atoms with van der Waals surface area (Å²) in [5.41, 5.74) is 7.54. The molecule has 0 fully saturated rings. The van der Waals surface area contributed by atoms with Crippen LogP contribution in [0.3, 0.4) is 0 Å². The Morgan fingerprint density at radius 1 is 0.735 bits per heavy atom. The van der Waals surface area contributed by atoms with Crippen LogP contribution in [0.2, 0.25) is 0 Å². The van der Waals surface area contributed by atoms with Crippen LogP contribution in [0.1, 0.15) is 43.6 Å². The minimum Gasteiger partial charge on any atom is -0.491 e. The number of benzene rings is 3. The van der Waals surface area contributed by atoms with Crippen LogP contribution in [0.25, 0.3) is 0 Å². The van der Waals surface area contributed by atoms with Crippen molar-refractivity contribution in [3.8, 4) is 5.75 Å². The third-order valence-electron chi connectivity index (χ3n) is 4.79. The number of hydrogen-bond acceptors (Lipinski definition) is 5.